The van der Waals surface area contributed by atoms with E-state index in [-0.39, 0.29) is 83.3 Å². The van der Waals surface area contributed by atoms with E-state index in [0.717, 1.165) is 5.56 Å². The maximum absolute atomic E-state index is 10.7. The van der Waals surface area contributed by atoms with Gasteiger partial charge in [0.25, 0.3) is 0 Å². The normalized spacial score (nSPS) is 8.88. The standard InChI is InChI=1S/C11H11NO3.2Y/c1-7-9(3-4-13)8(2)12-11(6-15)10(7)5-14;;/h13H,3-4H2,1-2H3;;/q-2;;. The number of pyridine rings is 1. The van der Waals surface area contributed by atoms with Gasteiger partial charge in [-0.1, -0.05) is 11.8 Å². The van der Waals surface area contributed by atoms with Gasteiger partial charge in [0.1, 0.15) is 0 Å². The van der Waals surface area contributed by atoms with E-state index in [2.05, 4.69) is 4.98 Å². The molecule has 1 N–H and O–H groups in total. The predicted molar refractivity (Wildman–Crippen MR) is 54.1 cm³/mol. The summed E-state index contributed by atoms with van der Waals surface area (Å²) in [5, 5.41) is 8.86. The van der Waals surface area contributed by atoms with Crippen LogP contribution in [0.3, 0.4) is 0 Å². The van der Waals surface area contributed by atoms with Gasteiger partial charge in [0, 0.05) is 77.7 Å². The molecule has 0 aliphatic heterocycles. The molecule has 0 bridgehead atoms. The Balaban J connectivity index is 0. The molecule has 17 heavy (non-hydrogen) atoms. The van der Waals surface area contributed by atoms with Crippen LogP contribution < -0.4 is 0 Å². The van der Waals surface area contributed by atoms with Gasteiger partial charge in [0.2, 0.25) is 0 Å². The molecule has 0 aliphatic carbocycles. The Labute approximate surface area is 151 Å². The van der Waals surface area contributed by atoms with Crippen molar-refractivity contribution < 1.29 is 80.1 Å². The number of nitrogens with zero attached hydrogens (tertiary/aromatic N) is 1. The van der Waals surface area contributed by atoms with Crippen molar-refractivity contribution in [1.82, 2.24) is 4.98 Å². The first-order valence-electron chi connectivity index (χ1n) is 4.53. The molecule has 1 heterocycles. The van der Waals surface area contributed by atoms with Crippen LogP contribution in [0.25, 0.3) is 0 Å². The quantitative estimate of drug-likeness (QED) is 0.752. The second-order valence-electron chi connectivity index (χ2n) is 3.20. The Morgan fingerprint density at radius 3 is 2.18 bits per heavy atom. The Bertz CT molecular complexity index is 408. The second kappa shape index (κ2) is 9.57. The van der Waals surface area contributed by atoms with Crippen LogP contribution >= 0.6 is 0 Å². The Morgan fingerprint density at radius 1 is 1.18 bits per heavy atom. The molecule has 0 aromatic carbocycles. The Hall–Kier alpha value is 0.658. The minimum Gasteiger partial charge on any atom is -0.432 e. The Kier molecular flexibility index (Phi) is 11.3. The number of aliphatic hydroxyl groups is 1. The van der Waals surface area contributed by atoms with E-state index in [4.69, 9.17) is 5.11 Å². The zero-order valence-electron chi connectivity index (χ0n) is 9.78. The first-order valence-corrected chi connectivity index (χ1v) is 4.53. The number of hydrogen-bond acceptors (Lipinski definition) is 4. The van der Waals surface area contributed by atoms with Gasteiger partial charge in [-0.05, 0) is 19.6 Å². The minimum atomic E-state index is -0.0220. The fourth-order valence-electron chi connectivity index (χ4n) is 1.57. The van der Waals surface area contributed by atoms with Gasteiger partial charge < -0.3 is 19.7 Å². The molecule has 0 saturated heterocycles. The van der Waals surface area contributed by atoms with Crippen LogP contribution in [0.5, 0.6) is 0 Å². The topological polar surface area (TPSA) is 67.3 Å². The van der Waals surface area contributed by atoms with E-state index in [0.29, 0.717) is 17.7 Å². The number of carbonyl (C=O) groups excluding carboxylic acids is 2. The van der Waals surface area contributed by atoms with Crippen molar-refractivity contribution >= 4 is 12.6 Å². The molecule has 1 rings (SSSR count). The van der Waals surface area contributed by atoms with Gasteiger partial charge in [-0.25, -0.2) is 5.56 Å². The van der Waals surface area contributed by atoms with E-state index in [9.17, 15) is 9.59 Å². The van der Waals surface area contributed by atoms with Gasteiger partial charge in [-0.15, -0.1) is 6.92 Å². The molecule has 1 aromatic heterocycles. The zero-order chi connectivity index (χ0) is 11.4. The molecule has 0 saturated carbocycles. The monoisotopic (exact) mass is 383 g/mol. The van der Waals surface area contributed by atoms with Crippen molar-refractivity contribution in [2.75, 3.05) is 6.61 Å². The molecule has 2 radical (unpaired) electrons. The van der Waals surface area contributed by atoms with Crippen LogP contribution in [0.1, 0.15) is 28.1 Å². The molecule has 86 valence electrons. The van der Waals surface area contributed by atoms with Crippen LogP contribution in [0, 0.1) is 13.8 Å². The van der Waals surface area contributed by atoms with Gasteiger partial charge in [-0.3, -0.25) is 5.56 Å². The van der Waals surface area contributed by atoms with Gasteiger partial charge in [-0.2, -0.15) is 5.69 Å². The maximum Gasteiger partial charge on any atom is 0.0461 e. The van der Waals surface area contributed by atoms with Crippen molar-refractivity contribution in [3.8, 4) is 0 Å². The number of hydrogen-bond donors (Lipinski definition) is 1. The van der Waals surface area contributed by atoms with Crippen LogP contribution in [-0.4, -0.2) is 29.3 Å². The molecular formula is C11H11NO3Y2-2. The van der Waals surface area contributed by atoms with Crippen molar-refractivity contribution in [1.29, 1.82) is 0 Å². The first kappa shape index (κ1) is 20.0. The summed E-state index contributed by atoms with van der Waals surface area (Å²) in [5.74, 6) is 0. The van der Waals surface area contributed by atoms with Gasteiger partial charge in [0.05, 0.1) is 0 Å². The SMILES string of the molecule is Cc1nc([C-]=O)c([C-]=O)c(C)c1CCO.[Y].[Y]. The van der Waals surface area contributed by atoms with Crippen molar-refractivity contribution in [2.24, 2.45) is 0 Å². The molecule has 0 spiro atoms. The number of aliphatic hydroxyl groups excluding tert-OH is 1. The summed E-state index contributed by atoms with van der Waals surface area (Å²) in [6.07, 6.45) is 3.71. The first-order chi connectivity index (χ1) is 7.15. The number of aromatic nitrogens is 1. The minimum absolute atomic E-state index is 0. The largest absolute Gasteiger partial charge is 0.432 e. The van der Waals surface area contributed by atoms with Crippen LogP contribution in [-0.2, 0) is 81.4 Å². The number of rotatable bonds is 4. The van der Waals surface area contributed by atoms with E-state index < -0.39 is 0 Å². The summed E-state index contributed by atoms with van der Waals surface area (Å²) in [6.45, 7) is 3.42. The third-order valence-corrected chi connectivity index (χ3v) is 2.34. The maximum atomic E-state index is 10.7. The molecule has 0 aliphatic rings. The summed E-state index contributed by atoms with van der Waals surface area (Å²) in [5.41, 5.74) is 2.19. The fraction of sp³-hybridized carbons (Fsp3) is 0.364. The third-order valence-electron chi connectivity index (χ3n) is 2.34. The van der Waals surface area contributed by atoms with Crippen LogP contribution in [0.4, 0.5) is 0 Å². The average Bonchev–Trinajstić information content (AvgIpc) is 2.23. The molecule has 0 amide bonds. The van der Waals surface area contributed by atoms with E-state index in [1.54, 1.807) is 26.4 Å². The average molecular weight is 383 g/mol. The van der Waals surface area contributed by atoms with E-state index in [1.807, 2.05) is 0 Å². The van der Waals surface area contributed by atoms with Gasteiger partial charge in [0.15, 0.2) is 0 Å². The number of aryl methyl sites for hydroxylation is 1. The fourth-order valence-corrected chi connectivity index (χ4v) is 1.57. The Morgan fingerprint density at radius 2 is 1.76 bits per heavy atom. The molecule has 0 fully saturated rings. The van der Waals surface area contributed by atoms with Crippen LogP contribution in [0.2, 0.25) is 0 Å². The molecule has 6 heteroatoms. The smallest absolute Gasteiger partial charge is 0.0461 e. The molecule has 4 nitrogen and oxygen atoms in total. The van der Waals surface area contributed by atoms with E-state index in [1.165, 1.54) is 0 Å². The summed E-state index contributed by atoms with van der Waals surface area (Å²) < 4.78 is 0. The molecular weight excluding hydrogens is 372 g/mol. The van der Waals surface area contributed by atoms with Crippen molar-refractivity contribution in [3.05, 3.63) is 28.1 Å². The summed E-state index contributed by atoms with van der Waals surface area (Å²) >= 11 is 0. The van der Waals surface area contributed by atoms with E-state index >= 15 is 0 Å². The summed E-state index contributed by atoms with van der Waals surface area (Å²) in [6, 6.07) is 0. The second-order valence-corrected chi connectivity index (χ2v) is 3.20. The zero-order valence-corrected chi connectivity index (χ0v) is 15.5. The van der Waals surface area contributed by atoms with Crippen molar-refractivity contribution in [2.45, 2.75) is 20.3 Å². The predicted octanol–water partition coefficient (Wildman–Crippen LogP) is 0.144. The summed E-state index contributed by atoms with van der Waals surface area (Å²) in [7, 11) is 0. The third kappa shape index (κ3) is 4.68. The van der Waals surface area contributed by atoms with Gasteiger partial charge >= 0.3 is 0 Å². The van der Waals surface area contributed by atoms with Crippen LogP contribution in [0.15, 0.2) is 0 Å². The van der Waals surface area contributed by atoms with Crippen molar-refractivity contribution in [3.63, 3.8) is 0 Å². The molecule has 0 unspecified atom stereocenters. The molecule has 1 aromatic rings. The summed E-state index contributed by atoms with van der Waals surface area (Å²) in [4.78, 5) is 25.2. The molecule has 0 atom stereocenters.